The molecule has 0 spiro atoms. The number of sulfonamides is 1. The lowest BCUT2D eigenvalue weighted by atomic mass is 10.1. The summed E-state index contributed by atoms with van der Waals surface area (Å²) in [5, 5.41) is 0. The topological polar surface area (TPSA) is 90.0 Å². The van der Waals surface area contributed by atoms with Crippen molar-refractivity contribution in [2.75, 3.05) is 13.7 Å². The van der Waals surface area contributed by atoms with Gasteiger partial charge in [0, 0.05) is 18.2 Å². The standard InChI is InChI=1S/C23H26FNO6S/c1-15-6-4-5-13-25(15)32(28,29)21-14-18(9-12-20(21)30-3)23(27)31-16(2)22(26)17-7-10-19(24)11-8-17/h7-12,14-16H,4-6,13H2,1-3H3/t15-,16-/m0/s1. The highest BCUT2D eigenvalue weighted by Crippen LogP contribution is 2.32. The summed E-state index contributed by atoms with van der Waals surface area (Å²) >= 11 is 0. The Morgan fingerprint density at radius 1 is 1.09 bits per heavy atom. The molecular weight excluding hydrogens is 437 g/mol. The van der Waals surface area contributed by atoms with Gasteiger partial charge in [0.1, 0.15) is 16.5 Å². The second-order valence-corrected chi connectivity index (χ2v) is 9.60. The predicted molar refractivity (Wildman–Crippen MR) is 116 cm³/mol. The molecule has 0 unspecified atom stereocenters. The number of piperidine rings is 1. The van der Waals surface area contributed by atoms with E-state index in [1.54, 1.807) is 0 Å². The Bertz CT molecular complexity index is 1100. The number of carbonyl (C=O) groups excluding carboxylic acids is 2. The third-order valence-electron chi connectivity index (χ3n) is 5.51. The Kier molecular flexibility index (Phi) is 7.30. The number of hydrogen-bond donors (Lipinski definition) is 0. The van der Waals surface area contributed by atoms with Crippen molar-refractivity contribution in [3.8, 4) is 5.75 Å². The first-order valence-corrected chi connectivity index (χ1v) is 11.8. The second-order valence-electron chi connectivity index (χ2n) is 7.74. The van der Waals surface area contributed by atoms with Gasteiger partial charge in [-0.2, -0.15) is 4.31 Å². The summed E-state index contributed by atoms with van der Waals surface area (Å²) in [5.74, 6) is -1.71. The average molecular weight is 464 g/mol. The molecule has 2 atom stereocenters. The number of methoxy groups -OCH3 is 1. The molecule has 0 bridgehead atoms. The molecule has 172 valence electrons. The predicted octanol–water partition coefficient (Wildman–Crippen LogP) is 3.83. The van der Waals surface area contributed by atoms with Crippen molar-refractivity contribution in [3.63, 3.8) is 0 Å². The summed E-state index contributed by atoms with van der Waals surface area (Å²) in [4.78, 5) is 25.0. The van der Waals surface area contributed by atoms with Crippen molar-refractivity contribution < 1.29 is 31.9 Å². The van der Waals surface area contributed by atoms with Gasteiger partial charge in [-0.05, 0) is 69.2 Å². The lowest BCUT2D eigenvalue weighted by Crippen LogP contribution is -2.42. The van der Waals surface area contributed by atoms with Crippen LogP contribution in [0.25, 0.3) is 0 Å². The van der Waals surface area contributed by atoms with Crippen LogP contribution in [0.1, 0.15) is 53.8 Å². The molecule has 0 amide bonds. The molecule has 7 nitrogen and oxygen atoms in total. The summed E-state index contributed by atoms with van der Waals surface area (Å²) in [7, 11) is -2.55. The molecule has 0 aliphatic carbocycles. The molecule has 1 saturated heterocycles. The normalized spacial score (nSPS) is 18.1. The van der Waals surface area contributed by atoms with Crippen LogP contribution < -0.4 is 4.74 Å². The summed E-state index contributed by atoms with van der Waals surface area (Å²) < 4.78 is 51.6. The number of ether oxygens (including phenoxy) is 2. The van der Waals surface area contributed by atoms with Gasteiger partial charge in [0.2, 0.25) is 15.8 Å². The van der Waals surface area contributed by atoms with Crippen LogP contribution in [0.3, 0.4) is 0 Å². The monoisotopic (exact) mass is 463 g/mol. The van der Waals surface area contributed by atoms with E-state index in [0.717, 1.165) is 31.4 Å². The van der Waals surface area contributed by atoms with Crippen LogP contribution >= 0.6 is 0 Å². The maximum Gasteiger partial charge on any atom is 0.338 e. The van der Waals surface area contributed by atoms with Gasteiger partial charge in [-0.3, -0.25) is 4.79 Å². The van der Waals surface area contributed by atoms with E-state index in [4.69, 9.17) is 9.47 Å². The summed E-state index contributed by atoms with van der Waals surface area (Å²) in [6, 6.07) is 8.72. The molecule has 0 saturated carbocycles. The lowest BCUT2D eigenvalue weighted by Gasteiger charge is -2.32. The zero-order chi connectivity index (χ0) is 23.5. The first-order valence-electron chi connectivity index (χ1n) is 10.4. The van der Waals surface area contributed by atoms with E-state index in [2.05, 4.69) is 0 Å². The Morgan fingerprint density at radius 2 is 1.75 bits per heavy atom. The summed E-state index contributed by atoms with van der Waals surface area (Å²) in [6.07, 6.45) is 1.33. The van der Waals surface area contributed by atoms with Gasteiger partial charge in [0.15, 0.2) is 6.10 Å². The van der Waals surface area contributed by atoms with E-state index in [1.165, 1.54) is 48.7 Å². The van der Waals surface area contributed by atoms with E-state index < -0.39 is 33.7 Å². The first-order chi connectivity index (χ1) is 15.1. The van der Waals surface area contributed by atoms with E-state index in [0.29, 0.717) is 6.54 Å². The maximum atomic E-state index is 13.3. The largest absolute Gasteiger partial charge is 0.495 e. The minimum atomic E-state index is -3.90. The Hall–Kier alpha value is -2.78. The highest BCUT2D eigenvalue weighted by Gasteiger charge is 2.34. The lowest BCUT2D eigenvalue weighted by molar-refractivity contribution is 0.0318. The number of halogens is 1. The molecule has 0 N–H and O–H groups in total. The summed E-state index contributed by atoms with van der Waals surface area (Å²) in [5.41, 5.74) is 0.177. The Balaban J connectivity index is 1.84. The smallest absolute Gasteiger partial charge is 0.338 e. The average Bonchev–Trinajstić information content (AvgIpc) is 2.78. The molecule has 9 heteroatoms. The van der Waals surface area contributed by atoms with Crippen LogP contribution in [0.5, 0.6) is 5.75 Å². The van der Waals surface area contributed by atoms with E-state index >= 15 is 0 Å². The van der Waals surface area contributed by atoms with Gasteiger partial charge in [-0.1, -0.05) is 6.42 Å². The van der Waals surface area contributed by atoms with Crippen LogP contribution in [0.2, 0.25) is 0 Å². The molecule has 1 aliphatic rings. The van der Waals surface area contributed by atoms with E-state index in [-0.39, 0.29) is 27.8 Å². The number of carbonyl (C=O) groups is 2. The van der Waals surface area contributed by atoms with Gasteiger partial charge in [0.05, 0.1) is 12.7 Å². The third-order valence-corrected chi connectivity index (χ3v) is 7.54. The van der Waals surface area contributed by atoms with Crippen molar-refractivity contribution in [3.05, 3.63) is 59.4 Å². The van der Waals surface area contributed by atoms with Gasteiger partial charge >= 0.3 is 5.97 Å². The van der Waals surface area contributed by atoms with Crippen molar-refractivity contribution in [2.45, 2.75) is 50.2 Å². The minimum Gasteiger partial charge on any atom is -0.495 e. The second kappa shape index (κ2) is 9.79. The fourth-order valence-corrected chi connectivity index (χ4v) is 5.57. The molecule has 0 radical (unpaired) electrons. The number of benzene rings is 2. The fourth-order valence-electron chi connectivity index (χ4n) is 3.69. The van der Waals surface area contributed by atoms with Crippen LogP contribution in [0, 0.1) is 5.82 Å². The number of esters is 1. The van der Waals surface area contributed by atoms with Gasteiger partial charge in [0.25, 0.3) is 0 Å². The number of hydrogen-bond acceptors (Lipinski definition) is 6. The van der Waals surface area contributed by atoms with E-state index in [9.17, 15) is 22.4 Å². The number of ketones is 1. The highest BCUT2D eigenvalue weighted by molar-refractivity contribution is 7.89. The fraction of sp³-hybridized carbons (Fsp3) is 0.391. The highest BCUT2D eigenvalue weighted by atomic mass is 32.2. The third kappa shape index (κ3) is 4.99. The number of rotatable bonds is 7. The molecule has 3 rings (SSSR count). The van der Waals surface area contributed by atoms with Crippen LogP contribution in [-0.2, 0) is 14.8 Å². The quantitative estimate of drug-likeness (QED) is 0.458. The van der Waals surface area contributed by atoms with Crippen LogP contribution in [0.15, 0.2) is 47.4 Å². The minimum absolute atomic E-state index is 0.0206. The summed E-state index contributed by atoms with van der Waals surface area (Å²) in [6.45, 7) is 3.65. The maximum absolute atomic E-state index is 13.3. The number of Topliss-reactive ketones (excluding diaryl/α,β-unsaturated/α-hetero) is 1. The van der Waals surface area contributed by atoms with Crippen molar-refractivity contribution in [1.82, 2.24) is 4.31 Å². The van der Waals surface area contributed by atoms with Crippen LogP contribution in [-0.4, -0.2) is 50.3 Å². The van der Waals surface area contributed by atoms with Crippen LogP contribution in [0.4, 0.5) is 4.39 Å². The van der Waals surface area contributed by atoms with Gasteiger partial charge in [-0.15, -0.1) is 0 Å². The molecule has 0 aromatic heterocycles. The number of nitrogens with zero attached hydrogens (tertiary/aromatic N) is 1. The molecule has 1 fully saturated rings. The van der Waals surface area contributed by atoms with Gasteiger partial charge < -0.3 is 9.47 Å². The van der Waals surface area contributed by atoms with Crippen molar-refractivity contribution >= 4 is 21.8 Å². The zero-order valence-corrected chi connectivity index (χ0v) is 19.0. The molecule has 2 aromatic rings. The molecular formula is C23H26FNO6S. The molecule has 2 aromatic carbocycles. The molecule has 32 heavy (non-hydrogen) atoms. The first kappa shape index (κ1) is 23.9. The van der Waals surface area contributed by atoms with Gasteiger partial charge in [-0.25, -0.2) is 17.6 Å². The molecule has 1 aliphatic heterocycles. The van der Waals surface area contributed by atoms with Crippen molar-refractivity contribution in [1.29, 1.82) is 0 Å². The van der Waals surface area contributed by atoms with Crippen molar-refractivity contribution in [2.24, 2.45) is 0 Å². The Morgan fingerprint density at radius 3 is 2.38 bits per heavy atom. The SMILES string of the molecule is COc1ccc(C(=O)O[C@@H](C)C(=O)c2ccc(F)cc2)cc1S(=O)(=O)N1CCCC[C@@H]1C. The van der Waals surface area contributed by atoms with E-state index in [1.807, 2.05) is 6.92 Å². The zero-order valence-electron chi connectivity index (χ0n) is 18.2. The Labute approximate surface area is 187 Å². The molecule has 1 heterocycles.